The molecular formula is C58H113NO7. The predicted octanol–water partition coefficient (Wildman–Crippen LogP) is 15.9. The van der Waals surface area contributed by atoms with E-state index >= 15 is 0 Å². The summed E-state index contributed by atoms with van der Waals surface area (Å²) in [5.74, 6) is -1.70. The number of rotatable bonds is 54. The van der Waals surface area contributed by atoms with Crippen molar-refractivity contribution in [3.05, 3.63) is 0 Å². The van der Waals surface area contributed by atoms with E-state index in [0.29, 0.717) is 12.8 Å². The lowest BCUT2D eigenvalue weighted by atomic mass is 10.0. The zero-order valence-electron chi connectivity index (χ0n) is 44.9. The van der Waals surface area contributed by atoms with Crippen molar-refractivity contribution < 1.29 is 38.2 Å². The number of carboxylic acids is 1. The Morgan fingerprint density at radius 1 is 0.394 bits per heavy atom. The molecule has 0 saturated carbocycles. The van der Waals surface area contributed by atoms with Crippen LogP contribution in [-0.4, -0.2) is 75.5 Å². The van der Waals surface area contributed by atoms with E-state index in [1.807, 2.05) is 21.1 Å². The minimum atomic E-state index is -1.12. The van der Waals surface area contributed by atoms with Crippen LogP contribution >= 0.6 is 0 Å². The second kappa shape index (κ2) is 49.7. The predicted molar refractivity (Wildman–Crippen MR) is 278 cm³/mol. The third kappa shape index (κ3) is 47.4. The molecule has 0 bridgehead atoms. The third-order valence-electron chi connectivity index (χ3n) is 13.7. The average molecular weight is 937 g/mol. The fourth-order valence-electron chi connectivity index (χ4n) is 9.25. The van der Waals surface area contributed by atoms with Crippen LogP contribution in [-0.2, 0) is 28.6 Å². The van der Waals surface area contributed by atoms with Crippen molar-refractivity contribution >= 4 is 17.9 Å². The summed E-state index contributed by atoms with van der Waals surface area (Å²) in [6.45, 7) is 4.74. The van der Waals surface area contributed by atoms with Crippen molar-refractivity contribution in [3.63, 3.8) is 0 Å². The highest BCUT2D eigenvalue weighted by Gasteiger charge is 2.25. The SMILES string of the molecule is CCCCCCCCCCCCCCCCCCCCCCCCCC(=O)OCC(COCCC(C(=O)[O-])[N+](C)(C)C)OC(=O)CCCCCCCCCCCCCCCCCCCCC. The van der Waals surface area contributed by atoms with Crippen molar-refractivity contribution in [3.8, 4) is 0 Å². The Hall–Kier alpha value is -1.67. The Kier molecular flexibility index (Phi) is 48.5. The topological polar surface area (TPSA) is 102 Å². The number of quaternary nitrogens is 1. The minimum Gasteiger partial charge on any atom is -0.544 e. The second-order valence-electron chi connectivity index (χ2n) is 21.3. The number of likely N-dealkylation sites (N-methyl/N-ethyl adjacent to an activating group) is 1. The molecule has 0 aromatic heterocycles. The number of hydrogen-bond acceptors (Lipinski definition) is 7. The van der Waals surface area contributed by atoms with Crippen LogP contribution in [0.5, 0.6) is 0 Å². The molecule has 2 unspecified atom stereocenters. The van der Waals surface area contributed by atoms with E-state index in [1.54, 1.807) is 0 Å². The Balaban J connectivity index is 4.09. The third-order valence-corrected chi connectivity index (χ3v) is 13.7. The van der Waals surface area contributed by atoms with Gasteiger partial charge in [0.15, 0.2) is 6.10 Å². The van der Waals surface area contributed by atoms with E-state index in [2.05, 4.69) is 13.8 Å². The van der Waals surface area contributed by atoms with Crippen LogP contribution in [0.4, 0.5) is 0 Å². The quantitative estimate of drug-likeness (QED) is 0.0340. The molecule has 0 radical (unpaired) electrons. The molecule has 0 heterocycles. The number of carbonyl (C=O) groups is 3. The first-order valence-electron chi connectivity index (χ1n) is 29.1. The standard InChI is InChI=1S/C58H113NO7/c1-6-8-10-12-14-16-18-20-22-24-26-27-28-29-31-32-34-36-38-40-42-44-46-48-56(60)65-53-54(52-64-51-50-55(58(62)63)59(3,4)5)66-57(61)49-47-45-43-41-39-37-35-33-30-25-23-21-19-17-15-13-11-9-7-2/h54-55H,6-53H2,1-5H3. The highest BCUT2D eigenvalue weighted by molar-refractivity contribution is 5.70. The number of carboxylic acid groups (broad SMARTS) is 1. The molecule has 0 aliphatic rings. The largest absolute Gasteiger partial charge is 0.544 e. The molecule has 0 aromatic carbocycles. The summed E-state index contributed by atoms with van der Waals surface area (Å²) < 4.78 is 17.3. The Morgan fingerprint density at radius 2 is 0.667 bits per heavy atom. The van der Waals surface area contributed by atoms with Crippen LogP contribution < -0.4 is 5.11 Å². The molecule has 0 amide bonds. The summed E-state index contributed by atoms with van der Waals surface area (Å²) in [5.41, 5.74) is 0. The molecule has 0 saturated heterocycles. The highest BCUT2D eigenvalue weighted by Crippen LogP contribution is 2.18. The monoisotopic (exact) mass is 936 g/mol. The van der Waals surface area contributed by atoms with Crippen LogP contribution in [0.15, 0.2) is 0 Å². The smallest absolute Gasteiger partial charge is 0.306 e. The maximum absolute atomic E-state index is 12.8. The molecule has 2 atom stereocenters. The number of ether oxygens (including phenoxy) is 3. The number of carbonyl (C=O) groups excluding carboxylic acids is 3. The van der Waals surface area contributed by atoms with Gasteiger partial charge in [-0.1, -0.05) is 271 Å². The lowest BCUT2D eigenvalue weighted by molar-refractivity contribution is -0.889. The van der Waals surface area contributed by atoms with Crippen LogP contribution in [0, 0.1) is 0 Å². The van der Waals surface area contributed by atoms with Crippen molar-refractivity contribution in [2.24, 2.45) is 0 Å². The molecule has 0 aliphatic heterocycles. The maximum atomic E-state index is 12.8. The van der Waals surface area contributed by atoms with E-state index in [4.69, 9.17) is 14.2 Å². The van der Waals surface area contributed by atoms with Gasteiger partial charge in [0.25, 0.3) is 0 Å². The molecule has 8 heteroatoms. The van der Waals surface area contributed by atoms with Crippen LogP contribution in [0.3, 0.4) is 0 Å². The van der Waals surface area contributed by atoms with Crippen LogP contribution in [0.1, 0.15) is 303 Å². The summed E-state index contributed by atoms with van der Waals surface area (Å²) in [4.78, 5) is 37.1. The number of hydrogen-bond donors (Lipinski definition) is 0. The molecule has 66 heavy (non-hydrogen) atoms. The fraction of sp³-hybridized carbons (Fsp3) is 0.948. The highest BCUT2D eigenvalue weighted by atomic mass is 16.6. The summed E-state index contributed by atoms with van der Waals surface area (Å²) in [6.07, 6.45) is 55.7. The first kappa shape index (κ1) is 64.3. The van der Waals surface area contributed by atoms with Crippen LogP contribution in [0.2, 0.25) is 0 Å². The second-order valence-corrected chi connectivity index (χ2v) is 21.3. The van der Waals surface area contributed by atoms with Gasteiger partial charge in [-0.05, 0) is 12.8 Å². The van der Waals surface area contributed by atoms with Gasteiger partial charge in [-0.3, -0.25) is 9.59 Å². The molecule has 0 rings (SSSR count). The van der Waals surface area contributed by atoms with Crippen molar-refractivity contribution in [1.29, 1.82) is 0 Å². The molecule has 0 aliphatic carbocycles. The van der Waals surface area contributed by atoms with Gasteiger partial charge in [0.1, 0.15) is 12.6 Å². The zero-order chi connectivity index (χ0) is 48.4. The molecule has 0 spiro atoms. The van der Waals surface area contributed by atoms with Gasteiger partial charge in [-0.15, -0.1) is 0 Å². The Labute approximate surface area is 410 Å². The normalized spacial score (nSPS) is 12.7. The molecule has 0 aromatic rings. The Morgan fingerprint density at radius 3 is 0.939 bits per heavy atom. The molecular weight excluding hydrogens is 823 g/mol. The van der Waals surface area contributed by atoms with E-state index < -0.39 is 18.1 Å². The van der Waals surface area contributed by atoms with Gasteiger partial charge in [-0.2, -0.15) is 0 Å². The summed E-state index contributed by atoms with van der Waals surface area (Å²) >= 11 is 0. The molecule has 8 nitrogen and oxygen atoms in total. The number of nitrogens with zero attached hydrogens (tertiary/aromatic N) is 1. The van der Waals surface area contributed by atoms with Gasteiger partial charge < -0.3 is 28.6 Å². The summed E-state index contributed by atoms with van der Waals surface area (Å²) in [6, 6.07) is -0.720. The van der Waals surface area contributed by atoms with E-state index in [0.717, 1.165) is 38.5 Å². The minimum absolute atomic E-state index is 0.0502. The first-order valence-corrected chi connectivity index (χ1v) is 29.1. The summed E-state index contributed by atoms with van der Waals surface area (Å²) in [7, 11) is 5.44. The molecule has 0 N–H and O–H groups in total. The molecule has 392 valence electrons. The van der Waals surface area contributed by atoms with Crippen molar-refractivity contribution in [2.45, 2.75) is 315 Å². The van der Waals surface area contributed by atoms with E-state index in [-0.39, 0.29) is 42.7 Å². The van der Waals surface area contributed by atoms with Gasteiger partial charge in [0.2, 0.25) is 0 Å². The van der Waals surface area contributed by atoms with Gasteiger partial charge in [0, 0.05) is 19.3 Å². The fourth-order valence-corrected chi connectivity index (χ4v) is 9.25. The lowest BCUT2D eigenvalue weighted by Crippen LogP contribution is -2.55. The first-order chi connectivity index (χ1) is 32.1. The van der Waals surface area contributed by atoms with Crippen LogP contribution in [0.25, 0.3) is 0 Å². The van der Waals surface area contributed by atoms with E-state index in [9.17, 15) is 19.5 Å². The maximum Gasteiger partial charge on any atom is 0.306 e. The van der Waals surface area contributed by atoms with Gasteiger partial charge in [0.05, 0.1) is 40.3 Å². The summed E-state index contributed by atoms with van der Waals surface area (Å²) in [5, 5.41) is 11.7. The zero-order valence-corrected chi connectivity index (χ0v) is 44.9. The van der Waals surface area contributed by atoms with Crippen molar-refractivity contribution in [2.75, 3.05) is 41.0 Å². The number of unbranched alkanes of at least 4 members (excludes halogenated alkanes) is 40. The Bertz CT molecular complexity index is 1050. The molecule has 0 fully saturated rings. The van der Waals surface area contributed by atoms with E-state index in [1.165, 1.54) is 231 Å². The van der Waals surface area contributed by atoms with Gasteiger partial charge in [-0.25, -0.2) is 0 Å². The van der Waals surface area contributed by atoms with Gasteiger partial charge >= 0.3 is 11.9 Å². The van der Waals surface area contributed by atoms with Crippen molar-refractivity contribution in [1.82, 2.24) is 0 Å². The lowest BCUT2D eigenvalue weighted by Gasteiger charge is -2.34. The number of esters is 2. The average Bonchev–Trinajstić information content (AvgIpc) is 3.28. The number of aliphatic carboxylic acids is 1.